The molecule has 2 fully saturated rings. The Kier molecular flexibility index (Phi) is 5.58. The quantitative estimate of drug-likeness (QED) is 0.868. The Labute approximate surface area is 151 Å². The molecular formula is C19H30N2O3S. The third-order valence-electron chi connectivity index (χ3n) is 5.43. The number of piperidine rings is 2. The molecule has 0 bridgehead atoms. The Morgan fingerprint density at radius 1 is 1.12 bits per heavy atom. The van der Waals surface area contributed by atoms with Crippen molar-refractivity contribution < 1.29 is 13.2 Å². The molecule has 0 saturated carbocycles. The van der Waals surface area contributed by atoms with E-state index in [-0.39, 0.29) is 0 Å². The summed E-state index contributed by atoms with van der Waals surface area (Å²) in [7, 11) is -3.26. The second kappa shape index (κ2) is 7.54. The Balaban J connectivity index is 1.68. The second-order valence-corrected chi connectivity index (χ2v) is 9.37. The summed E-state index contributed by atoms with van der Waals surface area (Å²) >= 11 is 0. The molecule has 0 aromatic heterocycles. The summed E-state index contributed by atoms with van der Waals surface area (Å²) in [5.41, 5.74) is 2.55. The molecule has 1 aromatic carbocycles. The van der Waals surface area contributed by atoms with E-state index in [2.05, 4.69) is 9.62 Å². The van der Waals surface area contributed by atoms with Crippen LogP contribution < -0.4 is 9.46 Å². The van der Waals surface area contributed by atoms with Gasteiger partial charge in [-0.25, -0.2) is 8.42 Å². The predicted molar refractivity (Wildman–Crippen MR) is 102 cm³/mol. The van der Waals surface area contributed by atoms with Crippen LogP contribution in [0, 0.1) is 19.8 Å². The number of benzene rings is 1. The van der Waals surface area contributed by atoms with Gasteiger partial charge in [0.25, 0.3) is 0 Å². The number of hydrogen-bond donors (Lipinski definition) is 1. The van der Waals surface area contributed by atoms with E-state index in [9.17, 15) is 8.42 Å². The standard InChI is InChI=1S/C19H30N2O3S/c1-14-11-17(20-25(3,22)23)12-15(2)19(14)24-13-16-7-6-10-21-9-5-4-8-18(16)21/h11-12,16,18,20H,4-10,13H2,1-3H3/t16-,18-/m1/s1. The minimum absolute atomic E-state index is 0.598. The minimum Gasteiger partial charge on any atom is -0.493 e. The number of nitrogens with zero attached hydrogens (tertiary/aromatic N) is 1. The maximum Gasteiger partial charge on any atom is 0.229 e. The van der Waals surface area contributed by atoms with Crippen LogP contribution in [0.25, 0.3) is 0 Å². The number of sulfonamides is 1. The van der Waals surface area contributed by atoms with Crippen molar-refractivity contribution in [2.45, 2.75) is 52.0 Å². The normalized spacial score (nSPS) is 24.6. The first-order chi connectivity index (χ1) is 11.8. The number of ether oxygens (including phenoxy) is 1. The number of nitrogens with one attached hydrogen (secondary N) is 1. The van der Waals surface area contributed by atoms with Crippen LogP contribution in [0.15, 0.2) is 12.1 Å². The lowest BCUT2D eigenvalue weighted by Gasteiger charge is -2.44. The molecule has 25 heavy (non-hydrogen) atoms. The lowest BCUT2D eigenvalue weighted by atomic mass is 9.84. The fraction of sp³-hybridized carbons (Fsp3) is 0.684. The average molecular weight is 367 g/mol. The van der Waals surface area contributed by atoms with E-state index in [0.717, 1.165) is 23.5 Å². The molecule has 1 N–H and O–H groups in total. The van der Waals surface area contributed by atoms with Gasteiger partial charge in [-0.2, -0.15) is 0 Å². The number of anilines is 1. The van der Waals surface area contributed by atoms with Gasteiger partial charge in [-0.05, 0) is 75.9 Å². The van der Waals surface area contributed by atoms with Gasteiger partial charge in [0.15, 0.2) is 0 Å². The zero-order valence-electron chi connectivity index (χ0n) is 15.5. The van der Waals surface area contributed by atoms with Gasteiger partial charge in [-0.1, -0.05) is 6.42 Å². The van der Waals surface area contributed by atoms with E-state index in [4.69, 9.17) is 4.74 Å². The maximum atomic E-state index is 11.4. The largest absolute Gasteiger partial charge is 0.493 e. The van der Waals surface area contributed by atoms with Crippen molar-refractivity contribution in [2.75, 3.05) is 30.7 Å². The van der Waals surface area contributed by atoms with Crippen LogP contribution in [0.4, 0.5) is 5.69 Å². The van der Waals surface area contributed by atoms with E-state index >= 15 is 0 Å². The second-order valence-electron chi connectivity index (χ2n) is 7.63. The van der Waals surface area contributed by atoms with Gasteiger partial charge in [0.2, 0.25) is 10.0 Å². The molecule has 2 aliphatic rings. The molecule has 140 valence electrons. The maximum absolute atomic E-state index is 11.4. The number of hydrogen-bond acceptors (Lipinski definition) is 4. The smallest absolute Gasteiger partial charge is 0.229 e. The van der Waals surface area contributed by atoms with Crippen LogP contribution in [-0.4, -0.2) is 45.3 Å². The van der Waals surface area contributed by atoms with Gasteiger partial charge < -0.3 is 4.74 Å². The lowest BCUT2D eigenvalue weighted by molar-refractivity contribution is 0.0363. The van der Waals surface area contributed by atoms with E-state index in [1.165, 1.54) is 51.4 Å². The molecule has 6 heteroatoms. The van der Waals surface area contributed by atoms with Crippen LogP contribution in [0.5, 0.6) is 5.75 Å². The van der Waals surface area contributed by atoms with Crippen molar-refractivity contribution in [1.82, 2.24) is 4.90 Å². The van der Waals surface area contributed by atoms with E-state index in [1.807, 2.05) is 26.0 Å². The van der Waals surface area contributed by atoms with Crippen molar-refractivity contribution in [3.63, 3.8) is 0 Å². The Hall–Kier alpha value is -1.27. The third-order valence-corrected chi connectivity index (χ3v) is 6.04. The van der Waals surface area contributed by atoms with E-state index < -0.39 is 10.0 Å². The monoisotopic (exact) mass is 366 g/mol. The zero-order chi connectivity index (χ0) is 18.0. The first-order valence-electron chi connectivity index (χ1n) is 9.29. The van der Waals surface area contributed by atoms with Gasteiger partial charge in [0, 0.05) is 17.6 Å². The van der Waals surface area contributed by atoms with Crippen LogP contribution >= 0.6 is 0 Å². The molecule has 2 atom stereocenters. The van der Waals surface area contributed by atoms with E-state index in [0.29, 0.717) is 17.6 Å². The molecule has 5 nitrogen and oxygen atoms in total. The molecule has 0 unspecified atom stereocenters. The number of rotatable bonds is 5. The Morgan fingerprint density at radius 3 is 2.48 bits per heavy atom. The Morgan fingerprint density at radius 2 is 1.80 bits per heavy atom. The highest BCUT2D eigenvalue weighted by atomic mass is 32.2. The van der Waals surface area contributed by atoms with Crippen LogP contribution in [0.2, 0.25) is 0 Å². The first kappa shape index (κ1) is 18.5. The van der Waals surface area contributed by atoms with Crippen molar-refractivity contribution in [3.05, 3.63) is 23.3 Å². The highest BCUT2D eigenvalue weighted by molar-refractivity contribution is 7.92. The fourth-order valence-electron chi connectivity index (χ4n) is 4.41. The van der Waals surface area contributed by atoms with Gasteiger partial charge in [-0.3, -0.25) is 9.62 Å². The highest BCUT2D eigenvalue weighted by Gasteiger charge is 2.33. The van der Waals surface area contributed by atoms with Crippen LogP contribution in [-0.2, 0) is 10.0 Å². The van der Waals surface area contributed by atoms with Gasteiger partial charge in [0.1, 0.15) is 5.75 Å². The van der Waals surface area contributed by atoms with Crippen LogP contribution in [0.3, 0.4) is 0 Å². The molecule has 1 aromatic rings. The fourth-order valence-corrected chi connectivity index (χ4v) is 4.96. The summed E-state index contributed by atoms with van der Waals surface area (Å²) in [5, 5.41) is 0. The SMILES string of the molecule is Cc1cc(NS(C)(=O)=O)cc(C)c1OC[C@H]1CCCN2CCCC[C@H]12. The molecule has 0 radical (unpaired) electrons. The highest BCUT2D eigenvalue weighted by Crippen LogP contribution is 2.33. The topological polar surface area (TPSA) is 58.6 Å². The molecular weight excluding hydrogens is 336 g/mol. The molecule has 3 rings (SSSR count). The van der Waals surface area contributed by atoms with Crippen molar-refractivity contribution in [3.8, 4) is 5.75 Å². The lowest BCUT2D eigenvalue weighted by Crippen LogP contribution is -2.49. The van der Waals surface area contributed by atoms with E-state index in [1.54, 1.807) is 0 Å². The average Bonchev–Trinajstić information content (AvgIpc) is 2.52. The summed E-state index contributed by atoms with van der Waals surface area (Å²) in [6.07, 6.45) is 7.63. The van der Waals surface area contributed by atoms with Gasteiger partial charge in [-0.15, -0.1) is 0 Å². The van der Waals surface area contributed by atoms with Crippen molar-refractivity contribution in [2.24, 2.45) is 5.92 Å². The summed E-state index contributed by atoms with van der Waals surface area (Å²) in [6, 6.07) is 4.36. The predicted octanol–water partition coefficient (Wildman–Crippen LogP) is 3.32. The minimum atomic E-state index is -3.26. The summed E-state index contributed by atoms with van der Waals surface area (Å²) < 4.78 is 31.6. The summed E-state index contributed by atoms with van der Waals surface area (Å²) in [5.74, 6) is 1.49. The van der Waals surface area contributed by atoms with Gasteiger partial charge >= 0.3 is 0 Å². The summed E-state index contributed by atoms with van der Waals surface area (Å²) in [6.45, 7) is 7.19. The molecule has 2 aliphatic heterocycles. The number of aryl methyl sites for hydroxylation is 2. The van der Waals surface area contributed by atoms with Crippen LogP contribution in [0.1, 0.15) is 43.2 Å². The Bertz CT molecular complexity index is 692. The first-order valence-corrected chi connectivity index (χ1v) is 11.2. The number of fused-ring (bicyclic) bond motifs is 1. The molecule has 2 saturated heterocycles. The zero-order valence-corrected chi connectivity index (χ0v) is 16.4. The van der Waals surface area contributed by atoms with Crippen molar-refractivity contribution in [1.29, 1.82) is 0 Å². The molecule has 0 aliphatic carbocycles. The van der Waals surface area contributed by atoms with Crippen molar-refractivity contribution >= 4 is 15.7 Å². The molecule has 2 heterocycles. The molecule has 0 spiro atoms. The van der Waals surface area contributed by atoms with Gasteiger partial charge in [0.05, 0.1) is 12.9 Å². The summed E-state index contributed by atoms with van der Waals surface area (Å²) in [4.78, 5) is 2.65. The molecule has 0 amide bonds. The third kappa shape index (κ3) is 4.67.